The predicted octanol–water partition coefficient (Wildman–Crippen LogP) is 4.74. The second-order valence-corrected chi connectivity index (χ2v) is 6.46. The fourth-order valence-electron chi connectivity index (χ4n) is 2.47. The topological polar surface area (TPSA) is 62.2 Å². The Bertz CT molecular complexity index is 264. The highest BCUT2D eigenvalue weighted by Crippen LogP contribution is 2.11. The van der Waals surface area contributed by atoms with E-state index in [-0.39, 0.29) is 13.2 Å². The molecule has 150 valence electrons. The van der Waals surface area contributed by atoms with Crippen LogP contribution in [0.25, 0.3) is 0 Å². The maximum atomic E-state index is 8.79. The molecule has 0 fully saturated rings. The van der Waals surface area contributed by atoms with Crippen LogP contribution in [0.1, 0.15) is 90.4 Å². The highest BCUT2D eigenvalue weighted by atomic mass is 16.9. The lowest BCUT2D eigenvalue weighted by molar-refractivity contribution is -0.337. The van der Waals surface area contributed by atoms with E-state index in [1.807, 2.05) is 0 Å². The van der Waals surface area contributed by atoms with Crippen LogP contribution in [0.2, 0.25) is 0 Å². The van der Waals surface area contributed by atoms with Gasteiger partial charge in [0.25, 0.3) is 0 Å². The Morgan fingerprint density at radius 2 is 1.16 bits per heavy atom. The van der Waals surface area contributed by atoms with Crippen molar-refractivity contribution in [2.45, 2.75) is 90.4 Å². The standard InChI is InChI=1S/C20H41NO4/c1-2-3-4-5-6-7-8-9-10-11-12-13-16-21(24-19-14-17-22)25-20-15-18-23/h13,16,22-23H,2-12,14-15,17-20H2,1H3. The number of aliphatic hydroxyl groups excluding tert-OH is 2. The molecule has 0 atom stereocenters. The van der Waals surface area contributed by atoms with Crippen molar-refractivity contribution in [2.75, 3.05) is 26.4 Å². The number of hydrogen-bond donors (Lipinski definition) is 2. The van der Waals surface area contributed by atoms with E-state index in [0.717, 1.165) is 6.42 Å². The molecule has 0 rings (SSSR count). The summed E-state index contributed by atoms with van der Waals surface area (Å²) < 4.78 is 0. The van der Waals surface area contributed by atoms with Crippen LogP contribution in [0.15, 0.2) is 12.3 Å². The summed E-state index contributed by atoms with van der Waals surface area (Å²) in [4.78, 5) is 10.8. The smallest absolute Gasteiger partial charge is 0.0797 e. The number of allylic oxidation sites excluding steroid dienone is 1. The van der Waals surface area contributed by atoms with E-state index in [0.29, 0.717) is 26.1 Å². The van der Waals surface area contributed by atoms with Gasteiger partial charge in [-0.05, 0) is 25.7 Å². The molecule has 0 saturated heterocycles. The Balaban J connectivity index is 3.57. The Kier molecular flexibility index (Phi) is 20.9. The second-order valence-electron chi connectivity index (χ2n) is 6.46. The van der Waals surface area contributed by atoms with Crippen molar-refractivity contribution in [3.8, 4) is 0 Å². The first-order valence-electron chi connectivity index (χ1n) is 10.3. The summed E-state index contributed by atoms with van der Waals surface area (Å²) in [7, 11) is 0. The SMILES string of the molecule is CCCCCCCCCCCCC=CN(OCCCO)OCCCO. The lowest BCUT2D eigenvalue weighted by atomic mass is 10.1. The van der Waals surface area contributed by atoms with Gasteiger partial charge in [-0.2, -0.15) is 0 Å². The average molecular weight is 360 g/mol. The minimum Gasteiger partial charge on any atom is -0.396 e. The predicted molar refractivity (Wildman–Crippen MR) is 103 cm³/mol. The molecule has 25 heavy (non-hydrogen) atoms. The molecule has 0 aliphatic carbocycles. The van der Waals surface area contributed by atoms with Gasteiger partial charge in [-0.1, -0.05) is 70.8 Å². The van der Waals surface area contributed by atoms with Crippen LogP contribution in [0.4, 0.5) is 0 Å². The fourth-order valence-corrected chi connectivity index (χ4v) is 2.47. The van der Waals surface area contributed by atoms with E-state index in [4.69, 9.17) is 19.9 Å². The van der Waals surface area contributed by atoms with Crippen molar-refractivity contribution in [1.82, 2.24) is 5.23 Å². The molecule has 0 aromatic rings. The molecule has 0 amide bonds. The molecule has 0 unspecified atom stereocenters. The van der Waals surface area contributed by atoms with Crippen LogP contribution in [0.3, 0.4) is 0 Å². The van der Waals surface area contributed by atoms with E-state index in [2.05, 4.69) is 13.0 Å². The molecule has 0 aliphatic heterocycles. The summed E-state index contributed by atoms with van der Waals surface area (Å²) in [5.74, 6) is 0. The summed E-state index contributed by atoms with van der Waals surface area (Å²) in [5, 5.41) is 18.9. The van der Waals surface area contributed by atoms with Gasteiger partial charge >= 0.3 is 0 Å². The number of rotatable bonds is 20. The molecule has 0 heterocycles. The van der Waals surface area contributed by atoms with Gasteiger partial charge < -0.3 is 10.2 Å². The third-order valence-electron chi connectivity index (χ3n) is 3.99. The molecule has 2 N–H and O–H groups in total. The summed E-state index contributed by atoms with van der Waals surface area (Å²) >= 11 is 0. The molecule has 5 nitrogen and oxygen atoms in total. The molecule has 0 bridgehead atoms. The van der Waals surface area contributed by atoms with Crippen LogP contribution in [-0.2, 0) is 9.68 Å². The second kappa shape index (κ2) is 21.4. The highest BCUT2D eigenvalue weighted by Gasteiger charge is 2.00. The van der Waals surface area contributed by atoms with E-state index in [1.165, 1.54) is 69.4 Å². The third kappa shape index (κ3) is 19.6. The molecule has 5 heteroatoms. The Labute approximate surface area is 154 Å². The summed E-state index contributed by atoms with van der Waals surface area (Å²) in [6.07, 6.45) is 19.4. The Morgan fingerprint density at radius 1 is 0.680 bits per heavy atom. The van der Waals surface area contributed by atoms with E-state index < -0.39 is 0 Å². The van der Waals surface area contributed by atoms with Gasteiger partial charge in [0.05, 0.1) is 19.4 Å². The molecule has 0 saturated carbocycles. The van der Waals surface area contributed by atoms with Crippen molar-refractivity contribution < 1.29 is 19.9 Å². The molecular formula is C20H41NO4. The molecular weight excluding hydrogens is 318 g/mol. The molecule has 0 aromatic carbocycles. The van der Waals surface area contributed by atoms with Gasteiger partial charge in [-0.15, -0.1) is 5.23 Å². The summed E-state index contributed by atoms with van der Waals surface area (Å²) in [6.45, 7) is 3.30. The van der Waals surface area contributed by atoms with Gasteiger partial charge in [0.15, 0.2) is 0 Å². The van der Waals surface area contributed by atoms with Crippen molar-refractivity contribution >= 4 is 0 Å². The normalized spacial score (nSPS) is 11.5. The zero-order valence-electron chi connectivity index (χ0n) is 16.3. The first kappa shape index (κ1) is 24.4. The average Bonchev–Trinajstić information content (AvgIpc) is 2.62. The van der Waals surface area contributed by atoms with Crippen molar-refractivity contribution in [1.29, 1.82) is 0 Å². The zero-order chi connectivity index (χ0) is 18.4. The van der Waals surface area contributed by atoms with Crippen LogP contribution in [-0.4, -0.2) is 41.9 Å². The number of nitrogens with zero attached hydrogens (tertiary/aromatic N) is 1. The molecule has 0 aromatic heterocycles. The first-order valence-corrected chi connectivity index (χ1v) is 10.3. The fraction of sp³-hybridized carbons (Fsp3) is 0.900. The monoisotopic (exact) mass is 359 g/mol. The van der Waals surface area contributed by atoms with Gasteiger partial charge in [0.2, 0.25) is 0 Å². The maximum absolute atomic E-state index is 8.79. The van der Waals surface area contributed by atoms with Gasteiger partial charge in [-0.25, -0.2) is 9.68 Å². The van der Waals surface area contributed by atoms with Gasteiger partial charge in [0.1, 0.15) is 0 Å². The Morgan fingerprint density at radius 3 is 1.64 bits per heavy atom. The summed E-state index contributed by atoms with van der Waals surface area (Å²) in [5.41, 5.74) is 0. The van der Waals surface area contributed by atoms with Crippen LogP contribution >= 0.6 is 0 Å². The van der Waals surface area contributed by atoms with Gasteiger partial charge in [0, 0.05) is 13.2 Å². The first-order chi connectivity index (χ1) is 12.3. The quantitative estimate of drug-likeness (QED) is 0.243. The third-order valence-corrected chi connectivity index (χ3v) is 3.99. The van der Waals surface area contributed by atoms with E-state index in [1.54, 1.807) is 6.20 Å². The number of unbranched alkanes of at least 4 members (excludes halogenated alkanes) is 10. The lowest BCUT2D eigenvalue weighted by Gasteiger charge is -2.18. The Hall–Kier alpha value is -0.620. The van der Waals surface area contributed by atoms with Gasteiger partial charge in [-0.3, -0.25) is 0 Å². The number of aliphatic hydroxyl groups is 2. The van der Waals surface area contributed by atoms with Crippen LogP contribution < -0.4 is 0 Å². The lowest BCUT2D eigenvalue weighted by Crippen LogP contribution is -2.20. The zero-order valence-corrected chi connectivity index (χ0v) is 16.3. The highest BCUT2D eigenvalue weighted by molar-refractivity contribution is 4.76. The number of hydrogen-bond acceptors (Lipinski definition) is 5. The van der Waals surface area contributed by atoms with E-state index >= 15 is 0 Å². The van der Waals surface area contributed by atoms with Crippen molar-refractivity contribution in [3.63, 3.8) is 0 Å². The van der Waals surface area contributed by atoms with Crippen molar-refractivity contribution in [3.05, 3.63) is 12.3 Å². The number of hydroxylamine groups is 2. The summed E-state index contributed by atoms with van der Waals surface area (Å²) in [6, 6.07) is 0. The van der Waals surface area contributed by atoms with Crippen LogP contribution in [0, 0.1) is 0 Å². The van der Waals surface area contributed by atoms with E-state index in [9.17, 15) is 0 Å². The minimum absolute atomic E-state index is 0.104. The van der Waals surface area contributed by atoms with Crippen molar-refractivity contribution in [2.24, 2.45) is 0 Å². The van der Waals surface area contributed by atoms with Crippen LogP contribution in [0.5, 0.6) is 0 Å². The molecule has 0 spiro atoms. The largest absolute Gasteiger partial charge is 0.396 e. The molecule has 0 radical (unpaired) electrons. The minimum atomic E-state index is 0.104. The molecule has 0 aliphatic rings. The maximum Gasteiger partial charge on any atom is 0.0797 e.